The molecule has 2 aliphatic rings. The Hall–Kier alpha value is -6.45. The first-order valence-electron chi connectivity index (χ1n) is 16.5. The lowest BCUT2D eigenvalue weighted by molar-refractivity contribution is -0.0935. The van der Waals surface area contributed by atoms with Crippen molar-refractivity contribution < 1.29 is 28.2 Å². The predicted molar refractivity (Wildman–Crippen MR) is 201 cm³/mol. The molecule has 6 aromatic rings. The number of aromatic nitrogens is 4. The van der Waals surface area contributed by atoms with Gasteiger partial charge in [0.1, 0.15) is 18.5 Å². The van der Waals surface area contributed by atoms with E-state index in [4.69, 9.17) is 37.0 Å². The van der Waals surface area contributed by atoms with Crippen molar-refractivity contribution >= 4 is 46.0 Å². The van der Waals surface area contributed by atoms with Crippen LogP contribution in [0.25, 0.3) is 11.4 Å². The third-order valence-corrected chi connectivity index (χ3v) is 10.9. The summed E-state index contributed by atoms with van der Waals surface area (Å²) in [5, 5.41) is 0. The van der Waals surface area contributed by atoms with Crippen LogP contribution in [0.15, 0.2) is 89.4 Å². The Morgan fingerprint density at radius 3 is 1.80 bits per heavy atom. The van der Waals surface area contributed by atoms with Gasteiger partial charge in [-0.1, -0.05) is 54.3 Å². The first-order valence-corrected chi connectivity index (χ1v) is 18.1. The van der Waals surface area contributed by atoms with Crippen LogP contribution in [0.2, 0.25) is 0 Å². The van der Waals surface area contributed by atoms with E-state index in [0.29, 0.717) is 43.0 Å². The fourth-order valence-electron chi connectivity index (χ4n) is 6.45. The Bertz CT molecular complexity index is 2620. The van der Waals surface area contributed by atoms with Crippen molar-refractivity contribution in [3.8, 4) is 36.1 Å². The molecule has 2 atom stereocenters. The summed E-state index contributed by atoms with van der Waals surface area (Å²) in [6.07, 6.45) is 14.5. The molecule has 54 heavy (non-hydrogen) atoms. The highest BCUT2D eigenvalue weighted by atomic mass is 32.1. The molecule has 0 aliphatic carbocycles. The highest BCUT2D eigenvalue weighted by Gasteiger charge is 2.33. The molecule has 0 radical (unpaired) electrons. The summed E-state index contributed by atoms with van der Waals surface area (Å²) in [6.45, 7) is 2.57. The van der Waals surface area contributed by atoms with Crippen LogP contribution in [0.1, 0.15) is 88.9 Å². The number of rotatable bonds is 8. The topological polar surface area (TPSA) is 122 Å². The maximum atomic E-state index is 15.0. The maximum Gasteiger partial charge on any atom is 0.361 e. The zero-order chi connectivity index (χ0) is 37.5. The number of carbonyl (C=O) groups excluding carboxylic acids is 2. The van der Waals surface area contributed by atoms with E-state index >= 15 is 0 Å². The quantitative estimate of drug-likeness (QED) is 0.0707. The summed E-state index contributed by atoms with van der Waals surface area (Å²) in [4.78, 5) is 48.0. The smallest absolute Gasteiger partial charge is 0.361 e. The number of carbonyl (C=O) groups is 2. The highest BCUT2D eigenvalue weighted by molar-refractivity contribution is 7.15. The summed E-state index contributed by atoms with van der Waals surface area (Å²) in [6, 6.07) is 18.6. The Kier molecular flexibility index (Phi) is 9.09. The fourth-order valence-corrected chi connectivity index (χ4v) is 8.40. The van der Waals surface area contributed by atoms with Crippen LogP contribution in [0.3, 0.4) is 0 Å². The highest BCUT2D eigenvalue weighted by Crippen LogP contribution is 2.38. The monoisotopic (exact) mass is 754 g/mol. The number of fused-ring (bicyclic) bond motifs is 6. The van der Waals surface area contributed by atoms with Crippen molar-refractivity contribution in [3.63, 3.8) is 0 Å². The molecule has 0 bridgehead atoms. The zero-order valence-corrected chi connectivity index (χ0v) is 30.3. The number of hydrogen-bond acceptors (Lipinski definition) is 11. The van der Waals surface area contributed by atoms with Crippen LogP contribution in [-0.2, 0) is 14.2 Å². The van der Waals surface area contributed by atoms with Crippen LogP contribution in [0, 0.1) is 30.5 Å². The number of esters is 2. The molecule has 0 saturated carbocycles. The number of benzene rings is 2. The number of hydrogen-bond donors (Lipinski definition) is 0. The standard InChI is InChI=1S/C40H27FN6O5S2/c1-5-25-16-29-37(53-25)31(24-12-8-7-9-13-24)44-22(3)35-33(42-18-46(29)35)39(48)51-20-50-21-52-40(49)34-36-23(4)45-32(27-14-10-11-15-28(27)41)38-30(47(36)19-43-34)17-26(6-2)54-38/h1-2,7-19,22-23H,20-21H2,3-4H3. The van der Waals surface area contributed by atoms with Gasteiger partial charge in [0, 0.05) is 11.1 Å². The Balaban J connectivity index is 0.964. The van der Waals surface area contributed by atoms with Crippen molar-refractivity contribution in [2.45, 2.75) is 25.9 Å². The minimum atomic E-state index is -0.793. The number of imidazole rings is 2. The van der Waals surface area contributed by atoms with E-state index < -0.39 is 43.4 Å². The molecular weight excluding hydrogens is 728 g/mol. The first kappa shape index (κ1) is 34.6. The van der Waals surface area contributed by atoms with E-state index in [1.165, 1.54) is 35.1 Å². The van der Waals surface area contributed by atoms with E-state index in [1.54, 1.807) is 46.7 Å². The lowest BCUT2D eigenvalue weighted by Crippen LogP contribution is -2.16. The van der Waals surface area contributed by atoms with Gasteiger partial charge in [0.05, 0.1) is 65.8 Å². The number of halogens is 1. The molecule has 2 aliphatic heterocycles. The predicted octanol–water partition coefficient (Wildman–Crippen LogP) is 7.05. The Morgan fingerprint density at radius 1 is 0.759 bits per heavy atom. The lowest BCUT2D eigenvalue weighted by Gasteiger charge is -2.12. The van der Waals surface area contributed by atoms with Gasteiger partial charge in [-0.15, -0.1) is 35.5 Å². The molecule has 2 unspecified atom stereocenters. The molecule has 8 rings (SSSR count). The summed E-state index contributed by atoms with van der Waals surface area (Å²) < 4.78 is 34.6. The van der Waals surface area contributed by atoms with Gasteiger partial charge in [-0.3, -0.25) is 19.1 Å². The van der Waals surface area contributed by atoms with Gasteiger partial charge in [0.2, 0.25) is 0 Å². The molecular formula is C40H27FN6O5S2. The third kappa shape index (κ3) is 6.02. The van der Waals surface area contributed by atoms with Crippen molar-refractivity contribution in [2.24, 2.45) is 9.98 Å². The minimum Gasteiger partial charge on any atom is -0.434 e. The van der Waals surface area contributed by atoms with E-state index in [-0.39, 0.29) is 11.4 Å². The second-order valence-corrected chi connectivity index (χ2v) is 14.2. The second-order valence-electron chi connectivity index (χ2n) is 12.1. The molecule has 6 heterocycles. The molecule has 14 heteroatoms. The molecule has 11 nitrogen and oxygen atoms in total. The number of terminal acetylenes is 2. The van der Waals surface area contributed by atoms with Gasteiger partial charge >= 0.3 is 11.9 Å². The van der Waals surface area contributed by atoms with Crippen LogP contribution in [0.5, 0.6) is 0 Å². The Morgan fingerprint density at radius 2 is 1.26 bits per heavy atom. The van der Waals surface area contributed by atoms with E-state index in [0.717, 1.165) is 21.8 Å². The summed E-state index contributed by atoms with van der Waals surface area (Å²) in [5.41, 5.74) is 4.77. The van der Waals surface area contributed by atoms with Crippen molar-refractivity contribution in [2.75, 3.05) is 13.6 Å². The van der Waals surface area contributed by atoms with Gasteiger partial charge < -0.3 is 14.2 Å². The summed E-state index contributed by atoms with van der Waals surface area (Å²) >= 11 is 2.73. The van der Waals surface area contributed by atoms with E-state index in [9.17, 15) is 14.0 Å². The van der Waals surface area contributed by atoms with Crippen LogP contribution >= 0.6 is 22.7 Å². The fraction of sp³-hybridized carbons (Fsp3) is 0.150. The molecule has 2 aromatic carbocycles. The van der Waals surface area contributed by atoms with Gasteiger partial charge in [-0.2, -0.15) is 0 Å². The van der Waals surface area contributed by atoms with Crippen LogP contribution < -0.4 is 0 Å². The van der Waals surface area contributed by atoms with Crippen molar-refractivity contribution in [3.05, 3.63) is 139 Å². The number of nitrogens with zero attached hydrogens (tertiary/aromatic N) is 6. The van der Waals surface area contributed by atoms with Gasteiger partial charge in [0.15, 0.2) is 25.0 Å². The Labute approximate surface area is 316 Å². The van der Waals surface area contributed by atoms with E-state index in [2.05, 4.69) is 21.8 Å². The molecule has 0 fully saturated rings. The van der Waals surface area contributed by atoms with Crippen LogP contribution in [-0.4, -0.2) is 56.1 Å². The van der Waals surface area contributed by atoms with Gasteiger partial charge in [-0.25, -0.2) is 23.9 Å². The zero-order valence-electron chi connectivity index (χ0n) is 28.6. The van der Waals surface area contributed by atoms with Crippen molar-refractivity contribution in [1.29, 1.82) is 0 Å². The largest absolute Gasteiger partial charge is 0.434 e. The van der Waals surface area contributed by atoms with E-state index in [1.807, 2.05) is 43.3 Å². The SMILES string of the molecule is C#Cc1cc2c(s1)C(c1ccccc1)=NC(C)c1c(C(=O)OCOCOC(=O)c3ncn4c3C(C)N=C(c3ccccc3F)c3sc(C#C)cc3-4)ncn1-2. The molecule has 0 spiro atoms. The average molecular weight is 755 g/mol. The first-order chi connectivity index (χ1) is 26.3. The molecule has 4 aromatic heterocycles. The third-order valence-electron chi connectivity index (χ3n) is 8.81. The lowest BCUT2D eigenvalue weighted by atomic mass is 10.1. The van der Waals surface area contributed by atoms with Gasteiger partial charge in [-0.05, 0) is 38.1 Å². The molecule has 0 amide bonds. The molecule has 0 N–H and O–H groups in total. The molecule has 266 valence electrons. The summed E-state index contributed by atoms with van der Waals surface area (Å²) in [5.74, 6) is 3.35. The number of ether oxygens (including phenoxy) is 3. The maximum absolute atomic E-state index is 15.0. The van der Waals surface area contributed by atoms with Gasteiger partial charge in [0.25, 0.3) is 0 Å². The average Bonchev–Trinajstić information content (AvgIpc) is 3.98. The second kappa shape index (κ2) is 14.2. The summed E-state index contributed by atoms with van der Waals surface area (Å²) in [7, 11) is 0. The normalized spacial score (nSPS) is 15.5. The van der Waals surface area contributed by atoms with Crippen molar-refractivity contribution in [1.82, 2.24) is 19.1 Å². The number of thiophene rings is 2. The molecule has 0 saturated heterocycles. The number of aliphatic imine (C=N–C) groups is 2. The van der Waals surface area contributed by atoms with Crippen LogP contribution in [0.4, 0.5) is 4.39 Å². The minimum absolute atomic E-state index is 0.00746.